The van der Waals surface area contributed by atoms with Gasteiger partial charge in [-0.1, -0.05) is 0 Å². The fourth-order valence-corrected chi connectivity index (χ4v) is 1.40. The van der Waals surface area contributed by atoms with Crippen LogP contribution >= 0.6 is 0 Å². The number of nitrogens with two attached hydrogens (primary N) is 1. The number of rotatable bonds is 8. The third kappa shape index (κ3) is 5.70. The molecular formula is C11H21N3O2. The summed E-state index contributed by atoms with van der Waals surface area (Å²) >= 11 is 0. The molecular weight excluding hydrogens is 206 g/mol. The highest BCUT2D eigenvalue weighted by Gasteiger charge is 2.28. The first-order chi connectivity index (χ1) is 7.74. The van der Waals surface area contributed by atoms with Crippen LogP contribution in [0.1, 0.15) is 32.1 Å². The van der Waals surface area contributed by atoms with E-state index in [1.165, 1.54) is 0 Å². The molecule has 16 heavy (non-hydrogen) atoms. The Hall–Kier alpha value is -1.10. The summed E-state index contributed by atoms with van der Waals surface area (Å²) in [6, 6.07) is 0. The number of nitrogens with one attached hydrogen (secondary N) is 2. The van der Waals surface area contributed by atoms with Crippen LogP contribution in [0.25, 0.3) is 0 Å². The van der Waals surface area contributed by atoms with Crippen molar-refractivity contribution < 1.29 is 9.59 Å². The first kappa shape index (κ1) is 13.0. The van der Waals surface area contributed by atoms with Gasteiger partial charge < -0.3 is 16.4 Å². The zero-order valence-corrected chi connectivity index (χ0v) is 9.63. The summed E-state index contributed by atoms with van der Waals surface area (Å²) in [6.45, 7) is 1.67. The van der Waals surface area contributed by atoms with E-state index in [1.807, 2.05) is 0 Å². The maximum atomic E-state index is 11.2. The van der Waals surface area contributed by atoms with Crippen molar-refractivity contribution in [1.29, 1.82) is 0 Å². The van der Waals surface area contributed by atoms with Crippen LogP contribution in [0.4, 0.5) is 0 Å². The number of hydrogen-bond donors (Lipinski definition) is 3. The van der Waals surface area contributed by atoms with E-state index in [-0.39, 0.29) is 17.7 Å². The van der Waals surface area contributed by atoms with Gasteiger partial charge in [0.2, 0.25) is 11.8 Å². The molecule has 0 aromatic rings. The Balaban J connectivity index is 1.89. The third-order valence-corrected chi connectivity index (χ3v) is 2.55. The minimum atomic E-state index is 0.0362. The van der Waals surface area contributed by atoms with Crippen LogP contribution in [-0.2, 0) is 9.59 Å². The highest BCUT2D eigenvalue weighted by atomic mass is 16.2. The minimum Gasteiger partial charge on any atom is -0.354 e. The minimum absolute atomic E-state index is 0.0362. The van der Waals surface area contributed by atoms with Crippen LogP contribution in [0, 0.1) is 5.92 Å². The Morgan fingerprint density at radius 3 is 2.44 bits per heavy atom. The summed E-state index contributed by atoms with van der Waals surface area (Å²) < 4.78 is 0. The molecule has 0 radical (unpaired) electrons. The van der Waals surface area contributed by atoms with Gasteiger partial charge in [0.25, 0.3) is 0 Å². The van der Waals surface area contributed by atoms with E-state index in [0.717, 1.165) is 25.7 Å². The van der Waals surface area contributed by atoms with Gasteiger partial charge in [-0.25, -0.2) is 0 Å². The molecule has 0 aromatic heterocycles. The zero-order valence-electron chi connectivity index (χ0n) is 9.63. The van der Waals surface area contributed by atoms with Crippen molar-refractivity contribution in [2.24, 2.45) is 11.7 Å². The predicted octanol–water partition coefficient (Wildman–Crippen LogP) is -0.242. The van der Waals surface area contributed by atoms with Crippen LogP contribution in [0.5, 0.6) is 0 Å². The van der Waals surface area contributed by atoms with E-state index in [9.17, 15) is 9.59 Å². The van der Waals surface area contributed by atoms with Crippen molar-refractivity contribution in [1.82, 2.24) is 10.6 Å². The normalized spacial score (nSPS) is 14.6. The van der Waals surface area contributed by atoms with Crippen LogP contribution in [-0.4, -0.2) is 31.4 Å². The van der Waals surface area contributed by atoms with Gasteiger partial charge in [0.05, 0.1) is 0 Å². The van der Waals surface area contributed by atoms with Crippen LogP contribution in [0.15, 0.2) is 0 Å². The summed E-state index contributed by atoms with van der Waals surface area (Å²) in [4.78, 5) is 22.5. The molecule has 4 N–H and O–H groups in total. The van der Waals surface area contributed by atoms with Gasteiger partial charge >= 0.3 is 0 Å². The molecule has 0 heterocycles. The fourth-order valence-electron chi connectivity index (χ4n) is 1.40. The quantitative estimate of drug-likeness (QED) is 0.500. The smallest absolute Gasteiger partial charge is 0.223 e. The molecule has 1 saturated carbocycles. The van der Waals surface area contributed by atoms with Gasteiger partial charge in [-0.05, 0) is 32.2 Å². The second-order valence-electron chi connectivity index (χ2n) is 4.16. The molecule has 0 spiro atoms. The highest BCUT2D eigenvalue weighted by Crippen LogP contribution is 2.28. The lowest BCUT2D eigenvalue weighted by Crippen LogP contribution is -2.35. The summed E-state index contributed by atoms with van der Waals surface area (Å²) in [5, 5.41) is 5.56. The Kier molecular flexibility index (Phi) is 5.85. The summed E-state index contributed by atoms with van der Waals surface area (Å²) in [7, 11) is 0. The molecule has 0 bridgehead atoms. The van der Waals surface area contributed by atoms with Crippen molar-refractivity contribution in [2.75, 3.05) is 19.6 Å². The van der Waals surface area contributed by atoms with Crippen LogP contribution < -0.4 is 16.4 Å². The molecule has 1 aliphatic carbocycles. The van der Waals surface area contributed by atoms with E-state index in [4.69, 9.17) is 5.73 Å². The van der Waals surface area contributed by atoms with Crippen molar-refractivity contribution in [2.45, 2.75) is 32.1 Å². The molecule has 5 heteroatoms. The third-order valence-electron chi connectivity index (χ3n) is 2.55. The molecule has 0 unspecified atom stereocenters. The second-order valence-corrected chi connectivity index (χ2v) is 4.16. The standard InChI is InChI=1S/C11H21N3O2/c12-6-2-1-3-10(15)13-7-8-14-11(16)9-4-5-9/h9H,1-8,12H2,(H,13,15)(H,14,16). The van der Waals surface area contributed by atoms with Gasteiger partial charge in [-0.15, -0.1) is 0 Å². The molecule has 0 saturated heterocycles. The number of carbonyl (C=O) groups is 2. The molecule has 0 aliphatic heterocycles. The predicted molar refractivity (Wildman–Crippen MR) is 61.6 cm³/mol. The van der Waals surface area contributed by atoms with Crippen molar-refractivity contribution >= 4 is 11.8 Å². The zero-order chi connectivity index (χ0) is 11.8. The Morgan fingerprint density at radius 2 is 1.81 bits per heavy atom. The monoisotopic (exact) mass is 227 g/mol. The number of unbranched alkanes of at least 4 members (excludes halogenated alkanes) is 1. The summed E-state index contributed by atoms with van der Waals surface area (Å²) in [5.74, 6) is 0.395. The van der Waals surface area contributed by atoms with E-state index in [1.54, 1.807) is 0 Å². The van der Waals surface area contributed by atoms with Crippen LogP contribution in [0.3, 0.4) is 0 Å². The van der Waals surface area contributed by atoms with E-state index in [2.05, 4.69) is 10.6 Å². The maximum Gasteiger partial charge on any atom is 0.223 e. The summed E-state index contributed by atoms with van der Waals surface area (Å²) in [6.07, 6.45) is 4.25. The lowest BCUT2D eigenvalue weighted by Gasteiger charge is -2.06. The van der Waals surface area contributed by atoms with Crippen molar-refractivity contribution in [3.05, 3.63) is 0 Å². The van der Waals surface area contributed by atoms with Gasteiger partial charge in [0.1, 0.15) is 0 Å². The van der Waals surface area contributed by atoms with Gasteiger partial charge in [-0.3, -0.25) is 9.59 Å². The second kappa shape index (κ2) is 7.22. The molecule has 2 amide bonds. The number of hydrogen-bond acceptors (Lipinski definition) is 3. The number of carbonyl (C=O) groups excluding carboxylic acids is 2. The van der Waals surface area contributed by atoms with Gasteiger partial charge in [0.15, 0.2) is 0 Å². The topological polar surface area (TPSA) is 84.2 Å². The van der Waals surface area contributed by atoms with E-state index >= 15 is 0 Å². The van der Waals surface area contributed by atoms with Crippen LogP contribution in [0.2, 0.25) is 0 Å². The highest BCUT2D eigenvalue weighted by molar-refractivity contribution is 5.81. The first-order valence-electron chi connectivity index (χ1n) is 5.98. The first-order valence-corrected chi connectivity index (χ1v) is 5.98. The van der Waals surface area contributed by atoms with Crippen molar-refractivity contribution in [3.63, 3.8) is 0 Å². The number of amides is 2. The van der Waals surface area contributed by atoms with Gasteiger partial charge in [0, 0.05) is 25.4 Å². The summed E-state index contributed by atoms with van der Waals surface area (Å²) in [5.41, 5.74) is 5.32. The lowest BCUT2D eigenvalue weighted by molar-refractivity contribution is -0.123. The Morgan fingerprint density at radius 1 is 1.12 bits per heavy atom. The molecule has 92 valence electrons. The average Bonchev–Trinajstić information content (AvgIpc) is 3.08. The van der Waals surface area contributed by atoms with Crippen molar-refractivity contribution in [3.8, 4) is 0 Å². The maximum absolute atomic E-state index is 11.2. The Labute approximate surface area is 96.1 Å². The van der Waals surface area contributed by atoms with E-state index < -0.39 is 0 Å². The SMILES string of the molecule is NCCCCC(=O)NCCNC(=O)C1CC1. The molecule has 1 rings (SSSR count). The molecule has 1 aliphatic rings. The van der Waals surface area contributed by atoms with E-state index in [0.29, 0.717) is 26.1 Å². The Bertz CT molecular complexity index is 239. The molecule has 1 fully saturated rings. The largest absolute Gasteiger partial charge is 0.354 e. The molecule has 0 aromatic carbocycles. The average molecular weight is 227 g/mol. The molecule has 5 nitrogen and oxygen atoms in total. The van der Waals surface area contributed by atoms with Gasteiger partial charge in [-0.2, -0.15) is 0 Å². The molecule has 0 atom stereocenters. The fraction of sp³-hybridized carbons (Fsp3) is 0.818. The lowest BCUT2D eigenvalue weighted by atomic mass is 10.2.